The number of likely N-dealkylation sites (tertiary alicyclic amines) is 1. The number of piperidine rings is 1. The van der Waals surface area contributed by atoms with Crippen molar-refractivity contribution in [1.82, 2.24) is 15.4 Å². The minimum absolute atomic E-state index is 0.0576. The van der Waals surface area contributed by atoms with Gasteiger partial charge in [-0.1, -0.05) is 53.7 Å². The van der Waals surface area contributed by atoms with Crippen LogP contribution in [0.5, 0.6) is 0 Å². The standard InChI is InChI=1S/C24H26N4O3/c1-17-16-21(27-31-17)26-24(30)22(18-8-4-2-5-9-18)28-14-12-20(13-15-28)25-23(29)19-10-6-3-7-11-19/h2-11,16,20,22H,12-15H2,1H3,(H,25,29)(H,26,27,30). The predicted molar refractivity (Wildman–Crippen MR) is 118 cm³/mol. The minimum atomic E-state index is -0.441. The molecule has 2 heterocycles. The van der Waals surface area contributed by atoms with Gasteiger partial charge in [0.15, 0.2) is 5.82 Å². The zero-order valence-corrected chi connectivity index (χ0v) is 17.5. The molecule has 1 fully saturated rings. The molecule has 1 aromatic heterocycles. The average molecular weight is 418 g/mol. The van der Waals surface area contributed by atoms with Gasteiger partial charge >= 0.3 is 0 Å². The van der Waals surface area contributed by atoms with Crippen LogP contribution in [0.25, 0.3) is 0 Å². The summed E-state index contributed by atoms with van der Waals surface area (Å²) in [5, 5.41) is 9.86. The summed E-state index contributed by atoms with van der Waals surface area (Å²) in [4.78, 5) is 27.8. The molecule has 160 valence electrons. The Morgan fingerprint density at radius 2 is 1.68 bits per heavy atom. The van der Waals surface area contributed by atoms with E-state index in [1.54, 1.807) is 13.0 Å². The molecule has 1 aliphatic rings. The summed E-state index contributed by atoms with van der Waals surface area (Å²) in [5.74, 6) is 0.846. The summed E-state index contributed by atoms with van der Waals surface area (Å²) in [5.41, 5.74) is 1.58. The molecule has 0 radical (unpaired) electrons. The smallest absolute Gasteiger partial charge is 0.251 e. The van der Waals surface area contributed by atoms with E-state index in [-0.39, 0.29) is 17.9 Å². The highest BCUT2D eigenvalue weighted by molar-refractivity contribution is 5.95. The number of rotatable bonds is 6. The number of hydrogen-bond donors (Lipinski definition) is 2. The van der Waals surface area contributed by atoms with Crippen molar-refractivity contribution in [3.8, 4) is 0 Å². The lowest BCUT2D eigenvalue weighted by Crippen LogP contribution is -2.48. The van der Waals surface area contributed by atoms with Crippen LogP contribution in [0.15, 0.2) is 71.3 Å². The van der Waals surface area contributed by atoms with Crippen LogP contribution in [0, 0.1) is 6.92 Å². The molecule has 1 saturated heterocycles. The summed E-state index contributed by atoms with van der Waals surface area (Å²) in [6.45, 7) is 3.18. The van der Waals surface area contributed by atoms with Crippen LogP contribution < -0.4 is 10.6 Å². The first-order valence-electron chi connectivity index (χ1n) is 10.5. The van der Waals surface area contributed by atoms with Crippen molar-refractivity contribution in [2.45, 2.75) is 31.8 Å². The lowest BCUT2D eigenvalue weighted by atomic mass is 9.98. The Bertz CT molecular complexity index is 1010. The monoisotopic (exact) mass is 418 g/mol. The van der Waals surface area contributed by atoms with Crippen molar-refractivity contribution in [1.29, 1.82) is 0 Å². The number of nitrogens with one attached hydrogen (secondary N) is 2. The fourth-order valence-electron chi connectivity index (χ4n) is 3.94. The molecular weight excluding hydrogens is 392 g/mol. The van der Waals surface area contributed by atoms with Crippen LogP contribution in [0.3, 0.4) is 0 Å². The van der Waals surface area contributed by atoms with E-state index in [0.29, 0.717) is 30.2 Å². The molecule has 0 saturated carbocycles. The third-order valence-electron chi connectivity index (χ3n) is 5.51. The Balaban J connectivity index is 1.42. The molecule has 7 nitrogen and oxygen atoms in total. The number of nitrogens with zero attached hydrogens (tertiary/aromatic N) is 2. The van der Waals surface area contributed by atoms with Crippen LogP contribution in [-0.4, -0.2) is 41.0 Å². The zero-order chi connectivity index (χ0) is 21.6. The summed E-state index contributed by atoms with van der Waals surface area (Å²) < 4.78 is 5.07. The van der Waals surface area contributed by atoms with E-state index in [4.69, 9.17) is 4.52 Å². The van der Waals surface area contributed by atoms with E-state index in [1.807, 2.05) is 60.7 Å². The van der Waals surface area contributed by atoms with E-state index in [1.165, 1.54) is 0 Å². The van der Waals surface area contributed by atoms with Gasteiger partial charge < -0.3 is 15.2 Å². The third-order valence-corrected chi connectivity index (χ3v) is 5.51. The molecular formula is C24H26N4O3. The Hall–Kier alpha value is -3.45. The molecule has 4 rings (SSSR count). The quantitative estimate of drug-likeness (QED) is 0.639. The van der Waals surface area contributed by atoms with Gasteiger partial charge in [0.1, 0.15) is 11.8 Å². The van der Waals surface area contributed by atoms with Crippen LogP contribution >= 0.6 is 0 Å². The SMILES string of the molecule is Cc1cc(NC(=O)C(c2ccccc2)N2CCC(NC(=O)c3ccccc3)CC2)no1. The van der Waals surface area contributed by atoms with Gasteiger partial charge in [0, 0.05) is 30.8 Å². The van der Waals surface area contributed by atoms with E-state index >= 15 is 0 Å². The number of carbonyl (C=O) groups excluding carboxylic acids is 2. The molecule has 2 amide bonds. The number of amides is 2. The van der Waals surface area contributed by atoms with Gasteiger partial charge in [0.05, 0.1) is 0 Å². The van der Waals surface area contributed by atoms with Gasteiger partial charge in [-0.3, -0.25) is 14.5 Å². The van der Waals surface area contributed by atoms with Gasteiger partial charge in [-0.15, -0.1) is 0 Å². The maximum Gasteiger partial charge on any atom is 0.251 e. The fraction of sp³-hybridized carbons (Fsp3) is 0.292. The second-order valence-corrected chi connectivity index (χ2v) is 7.78. The van der Waals surface area contributed by atoms with Gasteiger partial charge in [-0.25, -0.2) is 0 Å². The zero-order valence-electron chi connectivity index (χ0n) is 17.5. The Morgan fingerprint density at radius 1 is 1.03 bits per heavy atom. The molecule has 3 aromatic rings. The number of anilines is 1. The molecule has 0 spiro atoms. The highest BCUT2D eigenvalue weighted by Gasteiger charge is 2.32. The van der Waals surface area contributed by atoms with Crippen molar-refractivity contribution >= 4 is 17.6 Å². The largest absolute Gasteiger partial charge is 0.360 e. The number of hydrogen-bond acceptors (Lipinski definition) is 5. The van der Waals surface area contributed by atoms with Crippen LogP contribution in [-0.2, 0) is 4.79 Å². The maximum atomic E-state index is 13.2. The molecule has 1 unspecified atom stereocenters. The first kappa shape index (κ1) is 20.8. The summed E-state index contributed by atoms with van der Waals surface area (Å²) in [7, 11) is 0. The van der Waals surface area contributed by atoms with Gasteiger partial charge in [0.2, 0.25) is 5.91 Å². The van der Waals surface area contributed by atoms with Crippen molar-refractivity contribution in [2.24, 2.45) is 0 Å². The lowest BCUT2D eigenvalue weighted by Gasteiger charge is -2.37. The van der Waals surface area contributed by atoms with Crippen LogP contribution in [0.4, 0.5) is 5.82 Å². The van der Waals surface area contributed by atoms with Crippen molar-refractivity contribution in [2.75, 3.05) is 18.4 Å². The normalized spacial score (nSPS) is 15.9. The molecule has 0 bridgehead atoms. The topological polar surface area (TPSA) is 87.5 Å². The molecule has 31 heavy (non-hydrogen) atoms. The van der Waals surface area contributed by atoms with Crippen molar-refractivity contribution in [3.05, 3.63) is 83.6 Å². The Morgan fingerprint density at radius 3 is 2.29 bits per heavy atom. The molecule has 7 heteroatoms. The maximum absolute atomic E-state index is 13.2. The minimum Gasteiger partial charge on any atom is -0.360 e. The van der Waals surface area contributed by atoms with Crippen molar-refractivity contribution < 1.29 is 14.1 Å². The first-order valence-corrected chi connectivity index (χ1v) is 10.5. The highest BCUT2D eigenvalue weighted by atomic mass is 16.5. The summed E-state index contributed by atoms with van der Waals surface area (Å²) in [6, 6.07) is 20.3. The van der Waals surface area contributed by atoms with Crippen LogP contribution in [0.2, 0.25) is 0 Å². The van der Waals surface area contributed by atoms with E-state index in [0.717, 1.165) is 18.4 Å². The van der Waals surface area contributed by atoms with Crippen LogP contribution in [0.1, 0.15) is 40.6 Å². The number of aromatic nitrogens is 1. The highest BCUT2D eigenvalue weighted by Crippen LogP contribution is 2.26. The lowest BCUT2D eigenvalue weighted by molar-refractivity contribution is -0.122. The number of benzene rings is 2. The van der Waals surface area contributed by atoms with Gasteiger partial charge in [0.25, 0.3) is 5.91 Å². The number of carbonyl (C=O) groups is 2. The summed E-state index contributed by atoms with van der Waals surface area (Å²) in [6.07, 6.45) is 1.55. The predicted octanol–water partition coefficient (Wildman–Crippen LogP) is 3.56. The molecule has 1 aliphatic heterocycles. The second kappa shape index (κ2) is 9.57. The summed E-state index contributed by atoms with van der Waals surface area (Å²) >= 11 is 0. The molecule has 2 aromatic carbocycles. The Kier molecular flexibility index (Phi) is 6.43. The van der Waals surface area contributed by atoms with Gasteiger partial charge in [-0.05, 0) is 37.5 Å². The van der Waals surface area contributed by atoms with E-state index in [9.17, 15) is 9.59 Å². The first-order chi connectivity index (χ1) is 15.1. The molecule has 0 aliphatic carbocycles. The average Bonchev–Trinajstić information content (AvgIpc) is 3.21. The third kappa shape index (κ3) is 5.19. The Labute approximate surface area is 181 Å². The van der Waals surface area contributed by atoms with Gasteiger partial charge in [-0.2, -0.15) is 0 Å². The van der Waals surface area contributed by atoms with E-state index in [2.05, 4.69) is 20.7 Å². The number of aryl methyl sites for hydroxylation is 1. The fourth-order valence-corrected chi connectivity index (χ4v) is 3.94. The van der Waals surface area contributed by atoms with E-state index < -0.39 is 6.04 Å². The molecule has 1 atom stereocenters. The second-order valence-electron chi connectivity index (χ2n) is 7.78. The van der Waals surface area contributed by atoms with Crippen molar-refractivity contribution in [3.63, 3.8) is 0 Å². The molecule has 2 N–H and O–H groups in total.